The number of pyridine rings is 1. The van der Waals surface area contributed by atoms with Crippen molar-refractivity contribution < 1.29 is 22.3 Å². The second kappa shape index (κ2) is 9.75. The van der Waals surface area contributed by atoms with Crippen LogP contribution in [0.1, 0.15) is 18.9 Å². The van der Waals surface area contributed by atoms with Crippen LogP contribution in [0.15, 0.2) is 47.6 Å². The molecule has 0 spiro atoms. The van der Waals surface area contributed by atoms with E-state index in [1.54, 1.807) is 18.3 Å². The fraction of sp³-hybridized carbons (Fsp3) is 0.333. The van der Waals surface area contributed by atoms with E-state index < -0.39 is 12.6 Å². The van der Waals surface area contributed by atoms with Crippen molar-refractivity contribution in [2.75, 3.05) is 13.1 Å². The first-order valence-corrected chi connectivity index (χ1v) is 8.33. The van der Waals surface area contributed by atoms with Crippen molar-refractivity contribution in [1.29, 1.82) is 0 Å². The van der Waals surface area contributed by atoms with Crippen LogP contribution >= 0.6 is 0 Å². The molecule has 2 aromatic rings. The minimum absolute atomic E-state index is 0.241. The molecule has 0 radical (unpaired) electrons. The molecule has 27 heavy (non-hydrogen) atoms. The van der Waals surface area contributed by atoms with Gasteiger partial charge in [-0.25, -0.2) is 14.4 Å². The molecule has 2 N–H and O–H groups in total. The summed E-state index contributed by atoms with van der Waals surface area (Å²) in [6, 6.07) is 8.93. The Morgan fingerprint density at radius 1 is 1.11 bits per heavy atom. The number of guanidine groups is 1. The maximum Gasteiger partial charge on any atom is 0.390 e. The third-order valence-electron chi connectivity index (χ3n) is 3.30. The summed E-state index contributed by atoms with van der Waals surface area (Å²) in [6.45, 7) is 2.34. The van der Waals surface area contributed by atoms with Gasteiger partial charge in [0.05, 0.1) is 13.0 Å². The van der Waals surface area contributed by atoms with E-state index in [4.69, 9.17) is 4.74 Å². The lowest BCUT2D eigenvalue weighted by molar-refractivity contribution is -0.132. The Kier molecular flexibility index (Phi) is 7.39. The Balaban J connectivity index is 1.90. The highest BCUT2D eigenvalue weighted by molar-refractivity contribution is 5.79. The molecule has 1 aromatic carbocycles. The van der Waals surface area contributed by atoms with Crippen LogP contribution in [0.4, 0.5) is 17.6 Å². The number of nitrogens with one attached hydrogen (secondary N) is 2. The molecule has 1 heterocycles. The predicted molar refractivity (Wildman–Crippen MR) is 94.2 cm³/mol. The zero-order valence-corrected chi connectivity index (χ0v) is 14.7. The lowest BCUT2D eigenvalue weighted by Gasteiger charge is -2.12. The maximum atomic E-state index is 12.9. The molecular formula is C18H20F4N4O. The van der Waals surface area contributed by atoms with Gasteiger partial charge in [0, 0.05) is 25.4 Å². The van der Waals surface area contributed by atoms with E-state index >= 15 is 0 Å². The molecule has 0 aliphatic heterocycles. The van der Waals surface area contributed by atoms with Crippen LogP contribution in [0.3, 0.4) is 0 Å². The molecule has 0 aliphatic carbocycles. The van der Waals surface area contributed by atoms with Crippen LogP contribution < -0.4 is 15.4 Å². The first-order valence-electron chi connectivity index (χ1n) is 8.33. The zero-order valence-electron chi connectivity index (χ0n) is 14.7. The summed E-state index contributed by atoms with van der Waals surface area (Å²) in [6.07, 6.45) is -3.59. The summed E-state index contributed by atoms with van der Waals surface area (Å²) in [5.74, 6) is 0.736. The number of aromatic nitrogens is 1. The highest BCUT2D eigenvalue weighted by Crippen LogP contribution is 2.20. The molecule has 0 fully saturated rings. The highest BCUT2D eigenvalue weighted by Gasteiger charge is 2.26. The Morgan fingerprint density at radius 2 is 1.85 bits per heavy atom. The third-order valence-corrected chi connectivity index (χ3v) is 3.30. The largest absolute Gasteiger partial charge is 0.439 e. The Bertz CT molecular complexity index is 731. The standard InChI is InChI=1S/C18H20F4N4O/c1-2-23-17(24-10-9-18(20,21)22)26-12-13-3-8-16(25-11-13)27-15-6-4-14(19)5-7-15/h3-8,11H,2,9-10,12H2,1H3,(H2,23,24,26). The summed E-state index contributed by atoms with van der Waals surface area (Å²) >= 11 is 0. The first-order chi connectivity index (χ1) is 12.9. The Morgan fingerprint density at radius 3 is 2.44 bits per heavy atom. The summed E-state index contributed by atoms with van der Waals surface area (Å²) in [7, 11) is 0. The van der Waals surface area contributed by atoms with Gasteiger partial charge in [0.25, 0.3) is 0 Å². The summed E-state index contributed by atoms with van der Waals surface area (Å²) in [4.78, 5) is 8.37. The quantitative estimate of drug-likeness (QED) is 0.430. The fourth-order valence-electron chi connectivity index (χ4n) is 2.02. The van der Waals surface area contributed by atoms with Crippen LogP contribution in [0.2, 0.25) is 0 Å². The number of benzene rings is 1. The number of rotatable bonds is 7. The van der Waals surface area contributed by atoms with Crippen LogP contribution in [0.25, 0.3) is 0 Å². The van der Waals surface area contributed by atoms with Gasteiger partial charge in [0.2, 0.25) is 5.88 Å². The molecule has 0 bridgehead atoms. The van der Waals surface area contributed by atoms with E-state index in [-0.39, 0.29) is 18.9 Å². The second-order valence-corrected chi connectivity index (χ2v) is 5.55. The van der Waals surface area contributed by atoms with Crippen molar-refractivity contribution in [3.63, 3.8) is 0 Å². The molecule has 0 aliphatic rings. The van der Waals surface area contributed by atoms with Gasteiger partial charge in [-0.05, 0) is 36.8 Å². The first kappa shape index (κ1) is 20.5. The normalized spacial score (nSPS) is 12.0. The van der Waals surface area contributed by atoms with Gasteiger partial charge >= 0.3 is 6.18 Å². The lowest BCUT2D eigenvalue weighted by atomic mass is 10.3. The topological polar surface area (TPSA) is 58.5 Å². The van der Waals surface area contributed by atoms with Crippen LogP contribution in [-0.2, 0) is 6.54 Å². The number of hydrogen-bond acceptors (Lipinski definition) is 3. The Hall–Kier alpha value is -2.84. The number of ether oxygens (including phenoxy) is 1. The van der Waals surface area contributed by atoms with Crippen LogP contribution in [-0.4, -0.2) is 30.2 Å². The van der Waals surface area contributed by atoms with E-state index in [1.165, 1.54) is 24.3 Å². The van der Waals surface area contributed by atoms with E-state index in [0.29, 0.717) is 24.1 Å². The average Bonchev–Trinajstić information content (AvgIpc) is 2.62. The zero-order chi connectivity index (χ0) is 19.7. The van der Waals surface area contributed by atoms with E-state index in [2.05, 4.69) is 20.6 Å². The Labute approximate surface area is 154 Å². The molecule has 146 valence electrons. The fourth-order valence-corrected chi connectivity index (χ4v) is 2.02. The van der Waals surface area contributed by atoms with Gasteiger partial charge in [-0.3, -0.25) is 0 Å². The molecule has 2 rings (SSSR count). The van der Waals surface area contributed by atoms with Crippen molar-refractivity contribution in [2.24, 2.45) is 4.99 Å². The van der Waals surface area contributed by atoms with Gasteiger partial charge < -0.3 is 15.4 Å². The van der Waals surface area contributed by atoms with Crippen molar-refractivity contribution >= 4 is 5.96 Å². The number of alkyl halides is 3. The SMILES string of the molecule is CCNC(=NCc1ccc(Oc2ccc(F)cc2)nc1)NCCC(F)(F)F. The van der Waals surface area contributed by atoms with E-state index in [9.17, 15) is 17.6 Å². The summed E-state index contributed by atoms with van der Waals surface area (Å²) in [5.41, 5.74) is 0.759. The third kappa shape index (κ3) is 7.93. The number of halogens is 4. The highest BCUT2D eigenvalue weighted by atomic mass is 19.4. The molecule has 0 unspecified atom stereocenters. The van der Waals surface area contributed by atoms with Crippen molar-refractivity contribution in [1.82, 2.24) is 15.6 Å². The van der Waals surface area contributed by atoms with Crippen molar-refractivity contribution in [2.45, 2.75) is 26.1 Å². The average molecular weight is 384 g/mol. The van der Waals surface area contributed by atoms with E-state index in [0.717, 1.165) is 5.56 Å². The summed E-state index contributed by atoms with van der Waals surface area (Å²) < 4.78 is 55.0. The van der Waals surface area contributed by atoms with E-state index in [1.807, 2.05) is 6.92 Å². The number of aliphatic imine (C=N–C) groups is 1. The smallest absolute Gasteiger partial charge is 0.390 e. The minimum atomic E-state index is -4.21. The minimum Gasteiger partial charge on any atom is -0.439 e. The number of hydrogen-bond donors (Lipinski definition) is 2. The van der Waals surface area contributed by atoms with Gasteiger partial charge in [0.15, 0.2) is 5.96 Å². The molecule has 0 saturated carbocycles. The van der Waals surface area contributed by atoms with Gasteiger partial charge in [-0.15, -0.1) is 0 Å². The van der Waals surface area contributed by atoms with Crippen molar-refractivity contribution in [3.8, 4) is 11.6 Å². The lowest BCUT2D eigenvalue weighted by Crippen LogP contribution is -2.38. The molecule has 0 amide bonds. The second-order valence-electron chi connectivity index (χ2n) is 5.55. The van der Waals surface area contributed by atoms with Crippen molar-refractivity contribution in [3.05, 3.63) is 54.0 Å². The molecule has 5 nitrogen and oxygen atoms in total. The monoisotopic (exact) mass is 384 g/mol. The van der Waals surface area contributed by atoms with Gasteiger partial charge in [-0.2, -0.15) is 13.2 Å². The molecular weight excluding hydrogens is 364 g/mol. The van der Waals surface area contributed by atoms with Crippen LogP contribution in [0, 0.1) is 5.82 Å². The summed E-state index contributed by atoms with van der Waals surface area (Å²) in [5, 5.41) is 5.52. The van der Waals surface area contributed by atoms with Gasteiger partial charge in [0.1, 0.15) is 11.6 Å². The predicted octanol–water partition coefficient (Wildman–Crippen LogP) is 4.02. The molecule has 0 atom stereocenters. The maximum absolute atomic E-state index is 12.9. The molecule has 9 heteroatoms. The molecule has 0 saturated heterocycles. The number of nitrogens with zero attached hydrogens (tertiary/aromatic N) is 2. The van der Waals surface area contributed by atoms with Gasteiger partial charge in [-0.1, -0.05) is 6.07 Å². The van der Waals surface area contributed by atoms with Crippen LogP contribution in [0.5, 0.6) is 11.6 Å². The molecule has 1 aromatic heterocycles.